The largest absolute Gasteiger partial charge is 0.372 e. The number of allylic oxidation sites excluding steroid dienone is 1. The minimum absolute atomic E-state index is 0.0994. The lowest BCUT2D eigenvalue weighted by Crippen LogP contribution is -2.26. The molecule has 4 heteroatoms. The number of benzene rings is 2. The average Bonchev–Trinajstić information content (AvgIpc) is 3.17. The van der Waals surface area contributed by atoms with E-state index in [1.165, 1.54) is 16.0 Å². The van der Waals surface area contributed by atoms with Crippen LogP contribution >= 0.6 is 11.3 Å². The summed E-state index contributed by atoms with van der Waals surface area (Å²) in [4.78, 5) is 14.5. The number of para-hydroxylation sites is 2. The first-order chi connectivity index (χ1) is 13.7. The highest BCUT2D eigenvalue weighted by Crippen LogP contribution is 2.44. The van der Waals surface area contributed by atoms with E-state index in [1.54, 1.807) is 11.3 Å². The predicted molar refractivity (Wildman–Crippen MR) is 116 cm³/mol. The van der Waals surface area contributed by atoms with Gasteiger partial charge in [-0.1, -0.05) is 48.0 Å². The van der Waals surface area contributed by atoms with E-state index in [0.29, 0.717) is 6.42 Å². The monoisotopic (exact) mass is 386 g/mol. The molecular formula is C24H22N2OS. The number of carbonyl (C=O) groups excluding carboxylic acids is 1. The number of ketones is 1. The molecule has 1 aliphatic heterocycles. The highest BCUT2D eigenvalue weighted by atomic mass is 32.1. The van der Waals surface area contributed by atoms with Gasteiger partial charge < -0.3 is 10.6 Å². The Hall–Kier alpha value is -2.85. The molecule has 0 amide bonds. The molecule has 0 spiro atoms. The predicted octanol–water partition coefficient (Wildman–Crippen LogP) is 6.04. The molecule has 2 atom stereocenters. The summed E-state index contributed by atoms with van der Waals surface area (Å²) in [6.45, 7) is 2.09. The van der Waals surface area contributed by atoms with Crippen molar-refractivity contribution in [2.75, 3.05) is 10.6 Å². The summed E-state index contributed by atoms with van der Waals surface area (Å²) in [5.74, 6) is 0.451. The second kappa shape index (κ2) is 6.95. The van der Waals surface area contributed by atoms with Crippen molar-refractivity contribution in [2.24, 2.45) is 0 Å². The molecule has 3 nitrogen and oxygen atoms in total. The minimum Gasteiger partial charge on any atom is -0.372 e. The minimum atomic E-state index is -0.0994. The van der Waals surface area contributed by atoms with Crippen molar-refractivity contribution in [2.45, 2.75) is 31.7 Å². The lowest BCUT2D eigenvalue weighted by molar-refractivity contribution is -0.116. The number of fused-ring (bicyclic) bond motifs is 1. The number of anilines is 2. The molecule has 5 rings (SSSR count). The SMILES string of the molecule is Cc1ccc([C@@H]2CC(=O)C3=C(C2)Nc2ccccc2N[C@@H]3c2cccs2)cc1. The maximum atomic E-state index is 13.4. The van der Waals surface area contributed by atoms with Crippen LogP contribution in [-0.4, -0.2) is 5.78 Å². The van der Waals surface area contributed by atoms with Crippen LogP contribution in [0.3, 0.4) is 0 Å². The summed E-state index contributed by atoms with van der Waals surface area (Å²) in [5.41, 5.74) is 6.50. The summed E-state index contributed by atoms with van der Waals surface area (Å²) in [6.07, 6.45) is 1.41. The molecule has 0 saturated heterocycles. The van der Waals surface area contributed by atoms with Crippen molar-refractivity contribution in [1.82, 2.24) is 0 Å². The molecule has 28 heavy (non-hydrogen) atoms. The van der Waals surface area contributed by atoms with Crippen LogP contribution in [0, 0.1) is 6.92 Å². The van der Waals surface area contributed by atoms with Gasteiger partial charge in [-0.2, -0.15) is 0 Å². The molecule has 0 fully saturated rings. The first-order valence-corrected chi connectivity index (χ1v) is 10.6. The third kappa shape index (κ3) is 3.04. The topological polar surface area (TPSA) is 41.1 Å². The smallest absolute Gasteiger partial charge is 0.163 e. The van der Waals surface area contributed by atoms with Gasteiger partial charge in [0.1, 0.15) is 0 Å². The van der Waals surface area contributed by atoms with E-state index in [0.717, 1.165) is 29.1 Å². The molecule has 2 aliphatic rings. The van der Waals surface area contributed by atoms with E-state index in [2.05, 4.69) is 71.5 Å². The zero-order valence-electron chi connectivity index (χ0n) is 15.7. The number of aryl methyl sites for hydroxylation is 1. The van der Waals surface area contributed by atoms with Crippen LogP contribution in [0.15, 0.2) is 77.3 Å². The Balaban J connectivity index is 1.59. The third-order valence-electron chi connectivity index (χ3n) is 5.69. The van der Waals surface area contributed by atoms with Crippen LogP contribution < -0.4 is 10.6 Å². The third-order valence-corrected chi connectivity index (χ3v) is 6.62. The van der Waals surface area contributed by atoms with Crippen LogP contribution in [0.1, 0.15) is 40.8 Å². The van der Waals surface area contributed by atoms with Gasteiger partial charge in [-0.05, 0) is 48.4 Å². The molecule has 1 aliphatic carbocycles. The Bertz CT molecular complexity index is 1050. The summed E-state index contributed by atoms with van der Waals surface area (Å²) < 4.78 is 0. The molecule has 0 saturated carbocycles. The van der Waals surface area contributed by atoms with Crippen LogP contribution in [0.2, 0.25) is 0 Å². The fourth-order valence-corrected chi connectivity index (χ4v) is 5.02. The quantitative estimate of drug-likeness (QED) is 0.564. The number of hydrogen-bond acceptors (Lipinski definition) is 4. The molecule has 0 radical (unpaired) electrons. The van der Waals surface area contributed by atoms with E-state index in [4.69, 9.17) is 0 Å². The Kier molecular flexibility index (Phi) is 4.29. The van der Waals surface area contributed by atoms with Crippen LogP contribution in [0.5, 0.6) is 0 Å². The van der Waals surface area contributed by atoms with E-state index >= 15 is 0 Å². The van der Waals surface area contributed by atoms with Crippen molar-refractivity contribution in [3.63, 3.8) is 0 Å². The van der Waals surface area contributed by atoms with Gasteiger partial charge in [0, 0.05) is 22.6 Å². The fourth-order valence-electron chi connectivity index (χ4n) is 4.24. The first kappa shape index (κ1) is 17.3. The summed E-state index contributed by atoms with van der Waals surface area (Å²) >= 11 is 1.69. The summed E-state index contributed by atoms with van der Waals surface area (Å²) in [5, 5.41) is 9.29. The average molecular weight is 387 g/mol. The normalized spacial score (nSPS) is 21.2. The highest BCUT2D eigenvalue weighted by Gasteiger charge is 2.36. The van der Waals surface area contributed by atoms with Crippen LogP contribution in [0.25, 0.3) is 0 Å². The Morgan fingerprint density at radius 1 is 0.929 bits per heavy atom. The Morgan fingerprint density at radius 2 is 1.71 bits per heavy atom. The number of nitrogens with one attached hydrogen (secondary N) is 2. The Morgan fingerprint density at radius 3 is 2.46 bits per heavy atom. The zero-order chi connectivity index (χ0) is 19.1. The van der Waals surface area contributed by atoms with Gasteiger partial charge in [0.2, 0.25) is 0 Å². The van der Waals surface area contributed by atoms with Crippen LogP contribution in [-0.2, 0) is 4.79 Å². The molecule has 2 aromatic carbocycles. The Labute approximate surface area is 169 Å². The molecule has 2 N–H and O–H groups in total. The molecule has 2 heterocycles. The summed E-state index contributed by atoms with van der Waals surface area (Å²) in [6, 6.07) is 20.9. The van der Waals surface area contributed by atoms with E-state index < -0.39 is 0 Å². The fraction of sp³-hybridized carbons (Fsp3) is 0.208. The molecule has 140 valence electrons. The van der Waals surface area contributed by atoms with E-state index in [1.807, 2.05) is 12.1 Å². The maximum absolute atomic E-state index is 13.4. The molecule has 1 aromatic heterocycles. The van der Waals surface area contributed by atoms with Gasteiger partial charge in [-0.3, -0.25) is 4.79 Å². The van der Waals surface area contributed by atoms with Gasteiger partial charge in [-0.15, -0.1) is 11.3 Å². The van der Waals surface area contributed by atoms with Crippen molar-refractivity contribution >= 4 is 28.5 Å². The van der Waals surface area contributed by atoms with Crippen molar-refractivity contribution in [3.05, 3.63) is 93.3 Å². The lowest BCUT2D eigenvalue weighted by atomic mass is 9.79. The molecule has 0 bridgehead atoms. The van der Waals surface area contributed by atoms with Gasteiger partial charge in [-0.25, -0.2) is 0 Å². The first-order valence-electron chi connectivity index (χ1n) is 9.68. The van der Waals surface area contributed by atoms with Crippen molar-refractivity contribution < 1.29 is 4.79 Å². The zero-order valence-corrected chi connectivity index (χ0v) is 16.6. The van der Waals surface area contributed by atoms with Crippen molar-refractivity contribution in [1.29, 1.82) is 0 Å². The van der Waals surface area contributed by atoms with Gasteiger partial charge in [0.15, 0.2) is 5.78 Å². The van der Waals surface area contributed by atoms with Crippen molar-refractivity contribution in [3.8, 4) is 0 Å². The number of rotatable bonds is 2. The summed E-state index contributed by atoms with van der Waals surface area (Å²) in [7, 11) is 0. The highest BCUT2D eigenvalue weighted by molar-refractivity contribution is 7.10. The second-order valence-corrected chi connectivity index (χ2v) is 8.57. The number of Topliss-reactive ketones (excluding diaryl/α,β-unsaturated/α-hetero) is 1. The van der Waals surface area contributed by atoms with Gasteiger partial charge in [0.05, 0.1) is 17.4 Å². The number of carbonyl (C=O) groups is 1. The van der Waals surface area contributed by atoms with E-state index in [-0.39, 0.29) is 17.7 Å². The second-order valence-electron chi connectivity index (χ2n) is 7.59. The number of thiophene rings is 1. The molecule has 3 aromatic rings. The van der Waals surface area contributed by atoms with Crippen LogP contribution in [0.4, 0.5) is 11.4 Å². The lowest BCUT2D eigenvalue weighted by Gasteiger charge is -2.29. The standard InChI is InChI=1S/C24H22N2OS/c1-15-8-10-16(11-9-15)17-13-20-23(21(27)14-17)24(22-7-4-12-28-22)26-19-6-3-2-5-18(19)25-20/h2-12,17,24-26H,13-14H2,1H3/t17-,24+/m0/s1. The van der Waals surface area contributed by atoms with Gasteiger partial charge >= 0.3 is 0 Å². The van der Waals surface area contributed by atoms with E-state index in [9.17, 15) is 4.79 Å². The maximum Gasteiger partial charge on any atom is 0.163 e. The molecular weight excluding hydrogens is 364 g/mol. The molecule has 0 unspecified atom stereocenters. The number of hydrogen-bond donors (Lipinski definition) is 2. The van der Waals surface area contributed by atoms with Gasteiger partial charge in [0.25, 0.3) is 0 Å².